The first kappa shape index (κ1) is 14.6. The van der Waals surface area contributed by atoms with Crippen LogP contribution in [-0.4, -0.2) is 4.98 Å². The van der Waals surface area contributed by atoms with Gasteiger partial charge in [0.05, 0.1) is 5.52 Å². The molecule has 1 aromatic heterocycles. The highest BCUT2D eigenvalue weighted by atomic mass is 79.9. The fourth-order valence-corrected chi connectivity index (χ4v) is 3.36. The normalized spacial score (nSPS) is 12.5. The topological polar surface area (TPSA) is 12.9 Å². The lowest BCUT2D eigenvalue weighted by Gasteiger charge is -2.12. The highest BCUT2D eigenvalue weighted by Gasteiger charge is 2.11. The molecule has 0 saturated heterocycles. The Morgan fingerprint density at radius 3 is 2.71 bits per heavy atom. The molecule has 0 saturated carbocycles. The molecule has 2 aromatic carbocycles. The molecule has 0 aliphatic carbocycles. The molecule has 0 fully saturated rings. The van der Waals surface area contributed by atoms with Gasteiger partial charge in [-0.05, 0) is 42.3 Å². The molecule has 21 heavy (non-hydrogen) atoms. The summed E-state index contributed by atoms with van der Waals surface area (Å²) in [7, 11) is 0. The van der Waals surface area contributed by atoms with Crippen molar-refractivity contribution < 1.29 is 0 Å². The van der Waals surface area contributed by atoms with Crippen LogP contribution in [0.25, 0.3) is 10.9 Å². The van der Waals surface area contributed by atoms with Crippen LogP contribution in [0.4, 0.5) is 0 Å². The quantitative estimate of drug-likeness (QED) is 0.532. The van der Waals surface area contributed by atoms with Gasteiger partial charge in [0.15, 0.2) is 0 Å². The molecular weight excluding hydrogens is 346 g/mol. The van der Waals surface area contributed by atoms with E-state index in [1.807, 2.05) is 30.3 Å². The summed E-state index contributed by atoms with van der Waals surface area (Å²) in [5, 5.41) is 1.95. The summed E-state index contributed by atoms with van der Waals surface area (Å²) >= 11 is 9.90. The predicted octanol–water partition coefficient (Wildman–Crippen LogP) is 5.88. The number of alkyl halides is 1. The van der Waals surface area contributed by atoms with Crippen LogP contribution in [0.3, 0.4) is 0 Å². The summed E-state index contributed by atoms with van der Waals surface area (Å²) in [5.41, 5.74) is 4.48. The van der Waals surface area contributed by atoms with Gasteiger partial charge < -0.3 is 0 Å². The van der Waals surface area contributed by atoms with E-state index in [0.29, 0.717) is 0 Å². The summed E-state index contributed by atoms with van der Waals surface area (Å²) in [6.07, 6.45) is 0.838. The molecule has 1 unspecified atom stereocenters. The maximum atomic E-state index is 6.14. The lowest BCUT2D eigenvalue weighted by Crippen LogP contribution is -1.98. The van der Waals surface area contributed by atoms with Gasteiger partial charge in [-0.25, -0.2) is 0 Å². The standard InChI is InChI=1S/C18H15BrClN/c1-12-8-14(10-15(20)9-12)17(19)11-16-7-6-13-4-2-3-5-18(13)21-16/h2-10,17H,11H2,1H3. The largest absolute Gasteiger partial charge is 0.253 e. The van der Waals surface area contributed by atoms with Gasteiger partial charge in [-0.3, -0.25) is 4.98 Å². The zero-order valence-electron chi connectivity index (χ0n) is 11.7. The number of rotatable bonds is 3. The van der Waals surface area contributed by atoms with E-state index in [0.717, 1.165) is 22.7 Å². The van der Waals surface area contributed by atoms with Gasteiger partial charge in [0.1, 0.15) is 0 Å². The number of hydrogen-bond donors (Lipinski definition) is 0. The van der Waals surface area contributed by atoms with Gasteiger partial charge in [0.2, 0.25) is 0 Å². The number of halogens is 2. The Bertz CT molecular complexity index is 765. The SMILES string of the molecule is Cc1cc(Cl)cc(C(Br)Cc2ccc3ccccc3n2)c1. The molecule has 0 bridgehead atoms. The number of aromatic nitrogens is 1. The van der Waals surface area contributed by atoms with Crippen LogP contribution >= 0.6 is 27.5 Å². The maximum Gasteiger partial charge on any atom is 0.0705 e. The summed E-state index contributed by atoms with van der Waals surface area (Å²) in [5.74, 6) is 0. The van der Waals surface area contributed by atoms with Crippen molar-refractivity contribution in [2.24, 2.45) is 0 Å². The molecule has 0 amide bonds. The minimum absolute atomic E-state index is 0.212. The van der Waals surface area contributed by atoms with Gasteiger partial charge >= 0.3 is 0 Å². The Kier molecular flexibility index (Phi) is 4.27. The Labute approximate surface area is 138 Å². The van der Waals surface area contributed by atoms with Crippen LogP contribution in [0, 0.1) is 6.92 Å². The molecule has 1 heterocycles. The Balaban J connectivity index is 1.86. The average Bonchev–Trinajstić information content (AvgIpc) is 2.46. The number of aryl methyl sites for hydroxylation is 1. The van der Waals surface area contributed by atoms with Gasteiger partial charge in [0.25, 0.3) is 0 Å². The van der Waals surface area contributed by atoms with E-state index >= 15 is 0 Å². The number of benzene rings is 2. The Morgan fingerprint density at radius 2 is 1.90 bits per heavy atom. The number of para-hydroxylation sites is 1. The van der Waals surface area contributed by atoms with Crippen molar-refractivity contribution in [3.63, 3.8) is 0 Å². The van der Waals surface area contributed by atoms with Gasteiger partial charge in [-0.15, -0.1) is 0 Å². The van der Waals surface area contributed by atoms with Crippen molar-refractivity contribution in [1.29, 1.82) is 0 Å². The minimum atomic E-state index is 0.212. The molecule has 1 atom stereocenters. The predicted molar refractivity (Wildman–Crippen MR) is 93.3 cm³/mol. The van der Waals surface area contributed by atoms with E-state index in [1.54, 1.807) is 0 Å². The van der Waals surface area contributed by atoms with Crippen molar-refractivity contribution in [3.8, 4) is 0 Å². The van der Waals surface area contributed by atoms with E-state index < -0.39 is 0 Å². The summed E-state index contributed by atoms with van der Waals surface area (Å²) < 4.78 is 0. The third kappa shape index (κ3) is 3.45. The van der Waals surface area contributed by atoms with Crippen molar-refractivity contribution in [1.82, 2.24) is 4.98 Å². The fourth-order valence-electron chi connectivity index (χ4n) is 2.47. The van der Waals surface area contributed by atoms with Gasteiger partial charge in [-0.1, -0.05) is 57.9 Å². The molecule has 106 valence electrons. The maximum absolute atomic E-state index is 6.14. The molecule has 0 aliphatic rings. The second-order valence-electron chi connectivity index (χ2n) is 5.23. The van der Waals surface area contributed by atoms with Crippen LogP contribution in [0.2, 0.25) is 5.02 Å². The highest BCUT2D eigenvalue weighted by molar-refractivity contribution is 9.09. The molecule has 3 aromatic rings. The number of pyridine rings is 1. The van der Waals surface area contributed by atoms with Crippen LogP contribution in [-0.2, 0) is 6.42 Å². The van der Waals surface area contributed by atoms with Crippen LogP contribution in [0.1, 0.15) is 21.6 Å². The number of nitrogens with zero attached hydrogens (tertiary/aromatic N) is 1. The van der Waals surface area contributed by atoms with Crippen molar-refractivity contribution in [2.75, 3.05) is 0 Å². The second-order valence-corrected chi connectivity index (χ2v) is 6.77. The minimum Gasteiger partial charge on any atom is -0.253 e. The third-order valence-corrected chi connectivity index (χ3v) is 4.54. The molecule has 0 aliphatic heterocycles. The van der Waals surface area contributed by atoms with Crippen LogP contribution < -0.4 is 0 Å². The second kappa shape index (κ2) is 6.17. The lowest BCUT2D eigenvalue weighted by atomic mass is 10.0. The average molecular weight is 361 g/mol. The zero-order valence-corrected chi connectivity index (χ0v) is 14.0. The van der Waals surface area contributed by atoms with Crippen molar-refractivity contribution >= 4 is 38.4 Å². The highest BCUT2D eigenvalue weighted by Crippen LogP contribution is 2.29. The third-order valence-electron chi connectivity index (χ3n) is 3.47. The van der Waals surface area contributed by atoms with E-state index in [2.05, 4.69) is 47.1 Å². The van der Waals surface area contributed by atoms with Crippen molar-refractivity contribution in [3.05, 3.63) is 76.4 Å². The van der Waals surface area contributed by atoms with E-state index in [-0.39, 0.29) is 4.83 Å². The summed E-state index contributed by atoms with van der Waals surface area (Å²) in [6, 6.07) is 18.5. The van der Waals surface area contributed by atoms with Crippen LogP contribution in [0.5, 0.6) is 0 Å². The molecule has 3 heteroatoms. The molecule has 0 N–H and O–H groups in total. The van der Waals surface area contributed by atoms with E-state index in [9.17, 15) is 0 Å². The van der Waals surface area contributed by atoms with Gasteiger partial charge in [0, 0.05) is 27.4 Å². The lowest BCUT2D eigenvalue weighted by molar-refractivity contribution is 0.912. The van der Waals surface area contributed by atoms with Crippen LogP contribution in [0.15, 0.2) is 54.6 Å². The summed E-state index contributed by atoms with van der Waals surface area (Å²) in [6.45, 7) is 2.06. The first-order valence-corrected chi connectivity index (χ1v) is 8.17. The first-order chi connectivity index (χ1) is 10.1. The van der Waals surface area contributed by atoms with Crippen molar-refractivity contribution in [2.45, 2.75) is 18.2 Å². The summed E-state index contributed by atoms with van der Waals surface area (Å²) in [4.78, 5) is 4.93. The molecule has 3 rings (SSSR count). The van der Waals surface area contributed by atoms with Gasteiger partial charge in [-0.2, -0.15) is 0 Å². The van der Waals surface area contributed by atoms with E-state index in [4.69, 9.17) is 16.6 Å². The molecular formula is C18H15BrClN. The number of fused-ring (bicyclic) bond motifs is 1. The Morgan fingerprint density at radius 1 is 1.10 bits per heavy atom. The monoisotopic (exact) mass is 359 g/mol. The smallest absolute Gasteiger partial charge is 0.0705 e. The fraction of sp³-hybridized carbons (Fsp3) is 0.167. The van der Waals surface area contributed by atoms with E-state index in [1.165, 1.54) is 16.5 Å². The molecule has 0 spiro atoms. The Hall–Kier alpha value is -1.38. The molecule has 1 nitrogen and oxygen atoms in total. The molecule has 0 radical (unpaired) electrons. The first-order valence-electron chi connectivity index (χ1n) is 6.87. The zero-order chi connectivity index (χ0) is 14.8. The number of hydrogen-bond acceptors (Lipinski definition) is 1.